The van der Waals surface area contributed by atoms with E-state index in [1.165, 1.54) is 34.3 Å². The second kappa shape index (κ2) is 9.17. The molecule has 2 aliphatic heterocycles. The fraction of sp³-hybridized carbons (Fsp3) is 0.379. The number of halogens is 2. The molecule has 4 aliphatic rings. The zero-order valence-electron chi connectivity index (χ0n) is 21.7. The summed E-state index contributed by atoms with van der Waals surface area (Å²) in [5.74, 6) is -3.52. The standard InChI is InChI=1S/C29H27F2N3O5S/c1-16-8-12-40-27(16)23-19-5-6-20(30)22(31)26(19)38-11-2-9-29(13-18(14-29)39-17-3-4-17)32-15-34(23)33-10-7-21(35)25(36)24(33)28(32)37/h2,5-10,12,17-18,23,36H,3-4,11,13-15H2,1H3/b9-2+. The number of benzene rings is 1. The molecule has 208 valence electrons. The monoisotopic (exact) mass is 567 g/mol. The zero-order chi connectivity index (χ0) is 27.8. The van der Waals surface area contributed by atoms with Crippen LogP contribution >= 0.6 is 11.3 Å². The number of pyridine rings is 1. The Hall–Kier alpha value is -3.70. The highest BCUT2D eigenvalue weighted by Crippen LogP contribution is 2.48. The number of hydrogen-bond donors (Lipinski definition) is 1. The van der Waals surface area contributed by atoms with Crippen LogP contribution in [0.25, 0.3) is 0 Å². The molecular formula is C29H27F2N3O5S. The van der Waals surface area contributed by atoms with Crippen LogP contribution in [-0.2, 0) is 4.74 Å². The molecule has 2 fully saturated rings. The van der Waals surface area contributed by atoms with Crippen molar-refractivity contribution >= 4 is 17.2 Å². The number of rotatable bonds is 3. The molecule has 2 saturated carbocycles. The van der Waals surface area contributed by atoms with Gasteiger partial charge in [0.05, 0.1) is 17.7 Å². The Morgan fingerprint density at radius 3 is 2.65 bits per heavy atom. The van der Waals surface area contributed by atoms with Gasteiger partial charge in [-0.15, -0.1) is 11.3 Å². The van der Waals surface area contributed by atoms with Gasteiger partial charge in [-0.3, -0.25) is 19.3 Å². The van der Waals surface area contributed by atoms with Crippen molar-refractivity contribution in [3.05, 3.63) is 91.6 Å². The molecule has 2 aliphatic carbocycles. The highest BCUT2D eigenvalue weighted by Gasteiger charge is 2.54. The Labute approximate surface area is 232 Å². The fourth-order valence-electron chi connectivity index (χ4n) is 6.04. The van der Waals surface area contributed by atoms with E-state index in [0.29, 0.717) is 18.4 Å². The van der Waals surface area contributed by atoms with Crippen LogP contribution in [0.4, 0.5) is 8.78 Å². The van der Waals surface area contributed by atoms with E-state index in [1.807, 2.05) is 24.4 Å². The predicted molar refractivity (Wildman–Crippen MR) is 143 cm³/mol. The zero-order valence-corrected chi connectivity index (χ0v) is 22.5. The Kier molecular flexibility index (Phi) is 5.79. The number of amides is 1. The predicted octanol–water partition coefficient (Wildman–Crippen LogP) is 4.37. The molecule has 2 bridgehead atoms. The van der Waals surface area contributed by atoms with Crippen LogP contribution < -0.4 is 15.2 Å². The lowest BCUT2D eigenvalue weighted by atomic mass is 9.72. The number of nitrogens with zero attached hydrogens (tertiary/aromatic N) is 3. The normalized spacial score (nSPS) is 26.4. The third kappa shape index (κ3) is 3.86. The molecule has 1 aromatic carbocycles. The van der Waals surface area contributed by atoms with E-state index in [2.05, 4.69) is 0 Å². The van der Waals surface area contributed by atoms with Crippen LogP contribution in [0, 0.1) is 18.6 Å². The van der Waals surface area contributed by atoms with Crippen molar-refractivity contribution in [2.45, 2.75) is 56.4 Å². The summed E-state index contributed by atoms with van der Waals surface area (Å²) >= 11 is 1.43. The molecule has 0 radical (unpaired) electrons. The first kappa shape index (κ1) is 25.3. The third-order valence-corrected chi connectivity index (χ3v) is 9.32. The van der Waals surface area contributed by atoms with E-state index in [4.69, 9.17) is 9.47 Å². The first-order valence-corrected chi connectivity index (χ1v) is 14.2. The minimum Gasteiger partial charge on any atom is -0.502 e. The van der Waals surface area contributed by atoms with E-state index in [0.717, 1.165) is 29.3 Å². The number of carbonyl (C=O) groups is 1. The quantitative estimate of drug-likeness (QED) is 0.474. The van der Waals surface area contributed by atoms with Gasteiger partial charge in [0.25, 0.3) is 5.91 Å². The Balaban J connectivity index is 1.46. The van der Waals surface area contributed by atoms with Gasteiger partial charge in [0.2, 0.25) is 11.2 Å². The van der Waals surface area contributed by atoms with Gasteiger partial charge in [0.1, 0.15) is 19.3 Å². The lowest BCUT2D eigenvalue weighted by Gasteiger charge is -2.56. The fourth-order valence-corrected chi connectivity index (χ4v) is 7.09. The number of hydrogen-bond acceptors (Lipinski definition) is 7. The van der Waals surface area contributed by atoms with Gasteiger partial charge in [0.15, 0.2) is 23.0 Å². The number of aryl methyl sites for hydroxylation is 1. The Bertz CT molecular complexity index is 1610. The third-order valence-electron chi connectivity index (χ3n) is 8.25. The van der Waals surface area contributed by atoms with Gasteiger partial charge < -0.3 is 19.5 Å². The van der Waals surface area contributed by atoms with E-state index in [9.17, 15) is 19.1 Å². The maximum atomic E-state index is 15.3. The van der Waals surface area contributed by atoms with Crippen LogP contribution in [0.1, 0.15) is 58.2 Å². The molecule has 1 N–H and O–H groups in total. The lowest BCUT2D eigenvalue weighted by molar-refractivity contribution is -0.0847. The van der Waals surface area contributed by atoms with Crippen LogP contribution in [0.3, 0.4) is 0 Å². The molecule has 2 aromatic heterocycles. The highest BCUT2D eigenvalue weighted by molar-refractivity contribution is 7.10. The molecule has 1 atom stereocenters. The Morgan fingerprint density at radius 2 is 1.93 bits per heavy atom. The van der Waals surface area contributed by atoms with Crippen LogP contribution in [0.2, 0.25) is 0 Å². The van der Waals surface area contributed by atoms with Crippen molar-refractivity contribution in [2.24, 2.45) is 0 Å². The van der Waals surface area contributed by atoms with Gasteiger partial charge in [-0.2, -0.15) is 4.39 Å². The number of fused-ring (bicyclic) bond motifs is 6. The molecular weight excluding hydrogens is 540 g/mol. The number of ether oxygens (including phenoxy) is 2. The highest BCUT2D eigenvalue weighted by atomic mass is 32.1. The van der Waals surface area contributed by atoms with Crippen molar-refractivity contribution in [2.75, 3.05) is 18.3 Å². The summed E-state index contributed by atoms with van der Waals surface area (Å²) in [6.07, 6.45) is 8.30. The van der Waals surface area contributed by atoms with Crippen LogP contribution in [-0.4, -0.2) is 51.6 Å². The number of thiophene rings is 1. The van der Waals surface area contributed by atoms with Crippen LogP contribution in [0.5, 0.6) is 11.5 Å². The van der Waals surface area contributed by atoms with Crippen molar-refractivity contribution in [3.63, 3.8) is 0 Å². The van der Waals surface area contributed by atoms with Gasteiger partial charge in [0, 0.05) is 35.5 Å². The molecule has 1 amide bonds. The summed E-state index contributed by atoms with van der Waals surface area (Å²) < 4.78 is 43.3. The summed E-state index contributed by atoms with van der Waals surface area (Å²) in [6.45, 7) is 1.93. The second-order valence-electron chi connectivity index (χ2n) is 10.9. The molecule has 7 rings (SSSR count). The van der Waals surface area contributed by atoms with Crippen molar-refractivity contribution in [1.82, 2.24) is 9.58 Å². The van der Waals surface area contributed by atoms with E-state index >= 15 is 4.39 Å². The van der Waals surface area contributed by atoms with E-state index in [1.54, 1.807) is 16.0 Å². The van der Waals surface area contributed by atoms with E-state index in [-0.39, 0.29) is 36.9 Å². The average Bonchev–Trinajstić information content (AvgIpc) is 3.64. The first-order chi connectivity index (χ1) is 19.3. The molecule has 1 unspecified atom stereocenters. The molecule has 40 heavy (non-hydrogen) atoms. The van der Waals surface area contributed by atoms with Crippen LogP contribution in [0.15, 0.2) is 52.8 Å². The SMILES string of the molecule is Cc1ccsc1C1c2ccc(F)c(F)c2OC/C=C/C2(CC(OC3CC3)C2)N2CN1n1ccc(=O)c(O)c1C2=O. The Morgan fingerprint density at radius 1 is 1.12 bits per heavy atom. The molecule has 8 nitrogen and oxygen atoms in total. The summed E-state index contributed by atoms with van der Waals surface area (Å²) in [7, 11) is 0. The number of aromatic hydroxyl groups is 1. The molecule has 11 heteroatoms. The van der Waals surface area contributed by atoms with Crippen molar-refractivity contribution in [1.29, 1.82) is 0 Å². The molecule has 1 spiro atoms. The van der Waals surface area contributed by atoms with Crippen molar-refractivity contribution < 1.29 is 28.2 Å². The minimum atomic E-state index is -1.10. The maximum absolute atomic E-state index is 15.3. The smallest absolute Gasteiger partial charge is 0.278 e. The summed E-state index contributed by atoms with van der Waals surface area (Å²) in [4.78, 5) is 29.1. The molecule has 0 saturated heterocycles. The van der Waals surface area contributed by atoms with Gasteiger partial charge in [-0.25, -0.2) is 4.39 Å². The van der Waals surface area contributed by atoms with Gasteiger partial charge >= 0.3 is 0 Å². The summed E-state index contributed by atoms with van der Waals surface area (Å²) in [5, 5.41) is 14.6. The molecule has 4 heterocycles. The summed E-state index contributed by atoms with van der Waals surface area (Å²) in [6, 6.07) is 4.92. The van der Waals surface area contributed by atoms with Gasteiger partial charge in [-0.1, -0.05) is 6.08 Å². The second-order valence-corrected chi connectivity index (χ2v) is 11.8. The number of carbonyl (C=O) groups excluding carboxylic acids is 1. The average molecular weight is 568 g/mol. The largest absolute Gasteiger partial charge is 0.502 e. The topological polar surface area (TPSA) is 84.2 Å². The summed E-state index contributed by atoms with van der Waals surface area (Å²) in [5.41, 5.74) is -0.376. The maximum Gasteiger partial charge on any atom is 0.278 e. The molecule has 3 aromatic rings. The first-order valence-electron chi connectivity index (χ1n) is 13.3. The van der Waals surface area contributed by atoms with E-state index < -0.39 is 40.3 Å². The lowest BCUT2D eigenvalue weighted by Crippen LogP contribution is -2.67. The number of aromatic nitrogens is 1. The minimum absolute atomic E-state index is 0.0442. The van der Waals surface area contributed by atoms with Gasteiger partial charge in [-0.05, 0) is 55.0 Å². The van der Waals surface area contributed by atoms with Crippen molar-refractivity contribution in [3.8, 4) is 11.5 Å².